The molecule has 2 unspecified atom stereocenters. The van der Waals surface area contributed by atoms with Crippen molar-refractivity contribution in [2.75, 3.05) is 18.1 Å². The van der Waals surface area contributed by atoms with Gasteiger partial charge < -0.3 is 9.64 Å². The molecule has 0 saturated carbocycles. The quantitative estimate of drug-likeness (QED) is 0.722. The molecular weight excluding hydrogens is 216 g/mol. The van der Waals surface area contributed by atoms with Crippen molar-refractivity contribution in [3.05, 3.63) is 11.5 Å². The molecule has 1 aliphatic rings. The van der Waals surface area contributed by atoms with Crippen molar-refractivity contribution in [3.63, 3.8) is 0 Å². The van der Waals surface area contributed by atoms with Crippen LogP contribution in [-0.4, -0.2) is 40.5 Å². The summed E-state index contributed by atoms with van der Waals surface area (Å²) in [6.07, 6.45) is 1.83. The highest BCUT2D eigenvalue weighted by Crippen LogP contribution is 2.19. The molecule has 1 aliphatic heterocycles. The maximum absolute atomic E-state index is 5.71. The van der Waals surface area contributed by atoms with Crippen molar-refractivity contribution in [3.8, 4) is 0 Å². The fraction of sp³-hybridized carbons (Fsp3) is 0.667. The minimum Gasteiger partial charge on any atom is -0.375 e. The molecule has 0 bridgehead atoms. The van der Waals surface area contributed by atoms with Crippen LogP contribution < -0.4 is 4.90 Å². The summed E-state index contributed by atoms with van der Waals surface area (Å²) in [5.74, 6) is 0.762. The number of ether oxygens (including phenoxy) is 1. The van der Waals surface area contributed by atoms with E-state index in [9.17, 15) is 0 Å². The lowest BCUT2D eigenvalue weighted by Crippen LogP contribution is -2.47. The molecule has 1 saturated heterocycles. The van der Waals surface area contributed by atoms with E-state index in [-0.39, 0.29) is 17.4 Å². The molecule has 6 heteroatoms. The van der Waals surface area contributed by atoms with E-state index >= 15 is 0 Å². The van der Waals surface area contributed by atoms with E-state index in [2.05, 4.69) is 27.0 Å². The Hall–Kier alpha value is -0.940. The minimum atomic E-state index is 0.179. The van der Waals surface area contributed by atoms with Crippen LogP contribution in [0.15, 0.2) is 6.20 Å². The number of hydrogen-bond donors (Lipinski definition) is 0. The zero-order valence-electron chi connectivity index (χ0n) is 8.72. The molecule has 2 atom stereocenters. The third-order valence-electron chi connectivity index (χ3n) is 2.42. The van der Waals surface area contributed by atoms with Crippen LogP contribution in [-0.2, 0) is 4.74 Å². The molecular formula is C9H13ClN4O. The molecule has 0 spiro atoms. The molecule has 0 aliphatic carbocycles. The maximum atomic E-state index is 5.71. The second-order valence-corrected chi connectivity index (χ2v) is 4.07. The van der Waals surface area contributed by atoms with Crippen LogP contribution in [0, 0.1) is 0 Å². The first-order valence-corrected chi connectivity index (χ1v) is 5.28. The van der Waals surface area contributed by atoms with Gasteiger partial charge in [0, 0.05) is 6.54 Å². The second kappa shape index (κ2) is 4.28. The predicted octanol–water partition coefficient (Wildman–Crippen LogP) is 1.14. The normalized spacial score (nSPS) is 26.7. The Kier molecular flexibility index (Phi) is 3.02. The van der Waals surface area contributed by atoms with Gasteiger partial charge in [-0.15, -0.1) is 5.10 Å². The first kappa shape index (κ1) is 10.6. The van der Waals surface area contributed by atoms with Gasteiger partial charge in [-0.25, -0.2) is 0 Å². The first-order chi connectivity index (χ1) is 7.16. The summed E-state index contributed by atoms with van der Waals surface area (Å²) in [5, 5.41) is 7.60. The third-order valence-corrected chi connectivity index (χ3v) is 2.58. The lowest BCUT2D eigenvalue weighted by atomic mass is 10.2. The van der Waals surface area contributed by atoms with E-state index in [4.69, 9.17) is 16.3 Å². The summed E-state index contributed by atoms with van der Waals surface area (Å²) in [4.78, 5) is 6.28. The number of rotatable bonds is 1. The molecule has 2 rings (SSSR count). The van der Waals surface area contributed by atoms with Crippen molar-refractivity contribution in [2.24, 2.45) is 0 Å². The van der Waals surface area contributed by atoms with Crippen LogP contribution in [0.5, 0.6) is 0 Å². The van der Waals surface area contributed by atoms with Gasteiger partial charge in [0.25, 0.3) is 0 Å². The largest absolute Gasteiger partial charge is 0.375 e. The minimum absolute atomic E-state index is 0.179. The van der Waals surface area contributed by atoms with Crippen LogP contribution in [0.25, 0.3) is 0 Å². The highest BCUT2D eigenvalue weighted by atomic mass is 35.5. The topological polar surface area (TPSA) is 51.1 Å². The molecule has 15 heavy (non-hydrogen) atoms. The van der Waals surface area contributed by atoms with Crippen LogP contribution in [0.1, 0.15) is 13.8 Å². The molecule has 5 nitrogen and oxygen atoms in total. The molecule has 0 radical (unpaired) electrons. The number of nitrogens with zero attached hydrogens (tertiary/aromatic N) is 4. The van der Waals surface area contributed by atoms with Gasteiger partial charge in [0.15, 0.2) is 5.82 Å². The summed E-state index contributed by atoms with van der Waals surface area (Å²) < 4.78 is 5.53. The van der Waals surface area contributed by atoms with E-state index in [1.165, 1.54) is 0 Å². The first-order valence-electron chi connectivity index (χ1n) is 4.90. The molecule has 1 fully saturated rings. The Balaban J connectivity index is 2.21. The molecule has 1 aromatic heterocycles. The van der Waals surface area contributed by atoms with Crippen LogP contribution in [0.4, 0.5) is 5.82 Å². The van der Waals surface area contributed by atoms with Gasteiger partial charge in [-0.1, -0.05) is 0 Å². The van der Waals surface area contributed by atoms with E-state index < -0.39 is 0 Å². The van der Waals surface area contributed by atoms with Crippen LogP contribution in [0.3, 0.4) is 0 Å². The SMILES string of the molecule is CC1CN(c2cnnc(Cl)n2)C(C)CO1. The lowest BCUT2D eigenvalue weighted by molar-refractivity contribution is 0.0340. The standard InChI is InChI=1S/C9H13ClN4O/c1-6-5-15-7(2)4-14(6)8-3-11-13-9(10)12-8/h3,6-7H,4-5H2,1-2H3. The Bertz CT molecular complexity index is 349. The summed E-state index contributed by atoms with van der Waals surface area (Å²) in [7, 11) is 0. The van der Waals surface area contributed by atoms with Gasteiger partial charge in [0.2, 0.25) is 5.28 Å². The Morgan fingerprint density at radius 3 is 3.07 bits per heavy atom. The Morgan fingerprint density at radius 2 is 2.33 bits per heavy atom. The van der Waals surface area contributed by atoms with Crippen LogP contribution >= 0.6 is 11.6 Å². The van der Waals surface area contributed by atoms with Gasteiger partial charge in [-0.2, -0.15) is 10.1 Å². The van der Waals surface area contributed by atoms with Gasteiger partial charge in [0.1, 0.15) is 0 Å². The number of halogens is 1. The number of hydrogen-bond acceptors (Lipinski definition) is 5. The number of anilines is 1. The van der Waals surface area contributed by atoms with Crippen molar-refractivity contribution in [1.29, 1.82) is 0 Å². The number of aromatic nitrogens is 3. The fourth-order valence-corrected chi connectivity index (χ4v) is 1.76. The average Bonchev–Trinajstić information content (AvgIpc) is 2.22. The number of morpholine rings is 1. The van der Waals surface area contributed by atoms with Crippen molar-refractivity contribution >= 4 is 17.4 Å². The molecule has 2 heterocycles. The fourth-order valence-electron chi connectivity index (χ4n) is 1.63. The van der Waals surface area contributed by atoms with Crippen molar-refractivity contribution in [1.82, 2.24) is 15.2 Å². The van der Waals surface area contributed by atoms with E-state index in [1.54, 1.807) is 6.20 Å². The average molecular weight is 229 g/mol. The molecule has 0 N–H and O–H groups in total. The van der Waals surface area contributed by atoms with E-state index in [0.717, 1.165) is 12.4 Å². The third kappa shape index (κ3) is 2.35. The van der Waals surface area contributed by atoms with Gasteiger partial charge in [0.05, 0.1) is 24.9 Å². The molecule has 0 aromatic carbocycles. The van der Waals surface area contributed by atoms with E-state index in [0.29, 0.717) is 6.61 Å². The lowest BCUT2D eigenvalue weighted by Gasteiger charge is -2.37. The van der Waals surface area contributed by atoms with Gasteiger partial charge in [-0.05, 0) is 25.4 Å². The monoisotopic (exact) mass is 228 g/mol. The van der Waals surface area contributed by atoms with Gasteiger partial charge in [-0.3, -0.25) is 0 Å². The van der Waals surface area contributed by atoms with Gasteiger partial charge >= 0.3 is 0 Å². The zero-order chi connectivity index (χ0) is 10.8. The second-order valence-electron chi connectivity index (χ2n) is 3.73. The Morgan fingerprint density at radius 1 is 1.53 bits per heavy atom. The van der Waals surface area contributed by atoms with Crippen molar-refractivity contribution in [2.45, 2.75) is 26.0 Å². The highest BCUT2D eigenvalue weighted by Gasteiger charge is 2.24. The van der Waals surface area contributed by atoms with Crippen molar-refractivity contribution < 1.29 is 4.74 Å². The summed E-state index contributed by atoms with van der Waals surface area (Å²) in [6, 6.07) is 0.286. The Labute approximate surface area is 93.4 Å². The predicted molar refractivity (Wildman–Crippen MR) is 57.1 cm³/mol. The smallest absolute Gasteiger partial charge is 0.244 e. The zero-order valence-corrected chi connectivity index (χ0v) is 9.48. The highest BCUT2D eigenvalue weighted by molar-refractivity contribution is 6.28. The summed E-state index contributed by atoms with van der Waals surface area (Å²) in [5.41, 5.74) is 0. The molecule has 1 aromatic rings. The summed E-state index contributed by atoms with van der Waals surface area (Å²) in [6.45, 7) is 5.62. The van der Waals surface area contributed by atoms with Crippen LogP contribution in [0.2, 0.25) is 5.28 Å². The van der Waals surface area contributed by atoms with E-state index in [1.807, 2.05) is 6.92 Å². The molecule has 0 amide bonds. The molecule has 82 valence electrons. The summed E-state index contributed by atoms with van der Waals surface area (Å²) >= 11 is 5.71. The maximum Gasteiger partial charge on any atom is 0.244 e.